The number of benzene rings is 1. The lowest BCUT2D eigenvalue weighted by atomic mass is 10.2. The third kappa shape index (κ3) is 6.18. The van der Waals surface area contributed by atoms with E-state index in [2.05, 4.69) is 20.6 Å². The topological polar surface area (TPSA) is 53.1 Å². The Morgan fingerprint density at radius 1 is 1.08 bits per heavy atom. The third-order valence-electron chi connectivity index (χ3n) is 3.22. The summed E-state index contributed by atoms with van der Waals surface area (Å²) < 4.78 is 52.2. The van der Waals surface area contributed by atoms with Gasteiger partial charge in [-0.25, -0.2) is 9.37 Å². The van der Waals surface area contributed by atoms with Gasteiger partial charge in [0.25, 0.3) is 0 Å². The van der Waals surface area contributed by atoms with Gasteiger partial charge in [0.2, 0.25) is 5.95 Å². The summed E-state index contributed by atoms with van der Waals surface area (Å²) in [6.07, 6.45) is -4.59. The number of halogens is 4. The first-order chi connectivity index (χ1) is 11.7. The average Bonchev–Trinajstić information content (AvgIpc) is 2.52. The van der Waals surface area contributed by atoms with Gasteiger partial charge in [-0.15, -0.1) is 0 Å². The second-order valence-corrected chi connectivity index (χ2v) is 5.67. The Balaban J connectivity index is 2.14. The zero-order chi connectivity index (χ0) is 18.4. The molecule has 0 radical (unpaired) electrons. The second-order valence-electron chi connectivity index (χ2n) is 5.67. The number of nitrogens with one attached hydrogen (secondary N) is 2. The van der Waals surface area contributed by atoms with Gasteiger partial charge in [0.05, 0.1) is 0 Å². The van der Waals surface area contributed by atoms with Crippen LogP contribution in [0, 0.1) is 5.82 Å². The first-order valence-corrected chi connectivity index (χ1v) is 7.57. The lowest BCUT2D eigenvalue weighted by Crippen LogP contribution is -2.22. The van der Waals surface area contributed by atoms with Crippen molar-refractivity contribution in [2.24, 2.45) is 0 Å². The van der Waals surface area contributed by atoms with Crippen molar-refractivity contribution in [2.75, 3.05) is 37.8 Å². The van der Waals surface area contributed by atoms with Gasteiger partial charge < -0.3 is 15.5 Å². The van der Waals surface area contributed by atoms with Crippen molar-refractivity contribution in [3.05, 3.63) is 47.4 Å². The minimum atomic E-state index is -4.59. The number of aromatic nitrogens is 2. The molecule has 0 aliphatic rings. The largest absolute Gasteiger partial charge is 0.433 e. The fraction of sp³-hybridized carbons (Fsp3) is 0.375. The molecule has 0 spiro atoms. The highest BCUT2D eigenvalue weighted by Crippen LogP contribution is 2.29. The first-order valence-electron chi connectivity index (χ1n) is 7.57. The molecule has 0 atom stereocenters. The maximum atomic E-state index is 13.2. The van der Waals surface area contributed by atoms with Gasteiger partial charge in [-0.05, 0) is 31.8 Å². The molecular weight excluding hydrogens is 338 g/mol. The average molecular weight is 357 g/mol. The van der Waals surface area contributed by atoms with Crippen molar-refractivity contribution in [1.29, 1.82) is 0 Å². The van der Waals surface area contributed by atoms with Gasteiger partial charge in [-0.1, -0.05) is 12.1 Å². The van der Waals surface area contributed by atoms with Crippen LogP contribution >= 0.6 is 0 Å². The van der Waals surface area contributed by atoms with Gasteiger partial charge >= 0.3 is 6.18 Å². The molecule has 0 saturated carbocycles. The van der Waals surface area contributed by atoms with Crippen LogP contribution in [0.2, 0.25) is 0 Å². The Kier molecular flexibility index (Phi) is 6.13. The maximum absolute atomic E-state index is 13.2. The molecule has 0 bridgehead atoms. The number of alkyl halides is 3. The fourth-order valence-electron chi connectivity index (χ4n) is 1.99. The lowest BCUT2D eigenvalue weighted by molar-refractivity contribution is -0.141. The van der Waals surface area contributed by atoms with E-state index < -0.39 is 17.7 Å². The molecule has 2 rings (SSSR count). The highest BCUT2D eigenvalue weighted by atomic mass is 19.4. The number of anilines is 2. The summed E-state index contributed by atoms with van der Waals surface area (Å²) in [5.41, 5.74) is -0.453. The van der Waals surface area contributed by atoms with Crippen molar-refractivity contribution < 1.29 is 17.6 Å². The Morgan fingerprint density at radius 2 is 1.84 bits per heavy atom. The number of likely N-dealkylation sites (N-methyl/N-ethyl adjacent to an activating group) is 1. The molecule has 1 aromatic heterocycles. The van der Waals surface area contributed by atoms with Gasteiger partial charge in [-0.2, -0.15) is 18.2 Å². The van der Waals surface area contributed by atoms with Crippen LogP contribution in [0.4, 0.5) is 29.3 Å². The van der Waals surface area contributed by atoms with Crippen molar-refractivity contribution in [3.63, 3.8) is 0 Å². The van der Waals surface area contributed by atoms with Gasteiger partial charge in [0.15, 0.2) is 5.69 Å². The van der Waals surface area contributed by atoms with Crippen LogP contribution in [-0.2, 0) is 12.7 Å². The van der Waals surface area contributed by atoms with Crippen LogP contribution in [0.1, 0.15) is 11.3 Å². The Hall–Kier alpha value is -2.42. The Bertz CT molecular complexity index is 703. The van der Waals surface area contributed by atoms with Crippen LogP contribution < -0.4 is 10.6 Å². The van der Waals surface area contributed by atoms with E-state index in [1.807, 2.05) is 19.0 Å². The molecule has 0 saturated heterocycles. The standard InChI is InChI=1S/C16H19F4N5/c1-25(2)7-6-21-15-23-13(16(18,19)20)9-14(24-15)22-10-11-4-3-5-12(17)8-11/h3-5,8-9H,6-7,10H2,1-2H3,(H2,21,22,23,24). The summed E-state index contributed by atoms with van der Waals surface area (Å²) in [5.74, 6) is -0.513. The molecule has 0 amide bonds. The summed E-state index contributed by atoms with van der Waals surface area (Å²) >= 11 is 0. The number of hydrogen-bond donors (Lipinski definition) is 2. The Labute approximate surface area is 143 Å². The van der Waals surface area contributed by atoms with Crippen molar-refractivity contribution >= 4 is 11.8 Å². The monoisotopic (exact) mass is 357 g/mol. The van der Waals surface area contributed by atoms with E-state index >= 15 is 0 Å². The molecule has 5 nitrogen and oxygen atoms in total. The molecule has 0 aliphatic carbocycles. The van der Waals surface area contributed by atoms with E-state index in [4.69, 9.17) is 0 Å². The van der Waals surface area contributed by atoms with Gasteiger partial charge in [0.1, 0.15) is 11.6 Å². The van der Waals surface area contributed by atoms with E-state index in [9.17, 15) is 17.6 Å². The predicted molar refractivity (Wildman–Crippen MR) is 87.8 cm³/mol. The van der Waals surface area contributed by atoms with Crippen molar-refractivity contribution in [2.45, 2.75) is 12.7 Å². The molecule has 0 aliphatic heterocycles. The molecule has 1 aromatic carbocycles. The summed E-state index contributed by atoms with van der Waals surface area (Å²) in [5, 5.41) is 5.54. The lowest BCUT2D eigenvalue weighted by Gasteiger charge is -2.14. The third-order valence-corrected chi connectivity index (χ3v) is 3.22. The van der Waals surface area contributed by atoms with E-state index in [-0.39, 0.29) is 18.3 Å². The fourth-order valence-corrected chi connectivity index (χ4v) is 1.99. The predicted octanol–water partition coefficient (Wildman–Crippen LogP) is 3.22. The van der Waals surface area contributed by atoms with E-state index in [1.54, 1.807) is 6.07 Å². The molecule has 1 heterocycles. The second kappa shape index (κ2) is 8.11. The minimum Gasteiger partial charge on any atom is -0.366 e. The van der Waals surface area contributed by atoms with Crippen LogP contribution in [0.5, 0.6) is 0 Å². The van der Waals surface area contributed by atoms with Crippen LogP contribution in [0.15, 0.2) is 30.3 Å². The highest BCUT2D eigenvalue weighted by molar-refractivity contribution is 5.43. The molecule has 0 fully saturated rings. The van der Waals surface area contributed by atoms with Crippen LogP contribution in [0.3, 0.4) is 0 Å². The molecule has 2 N–H and O–H groups in total. The van der Waals surface area contributed by atoms with Crippen LogP contribution in [0.25, 0.3) is 0 Å². The number of hydrogen-bond acceptors (Lipinski definition) is 5. The van der Waals surface area contributed by atoms with E-state index in [1.165, 1.54) is 18.2 Å². The zero-order valence-corrected chi connectivity index (χ0v) is 13.9. The van der Waals surface area contributed by atoms with Crippen molar-refractivity contribution in [1.82, 2.24) is 14.9 Å². The molecule has 0 unspecified atom stereocenters. The summed E-state index contributed by atoms with van der Waals surface area (Å²) in [6, 6.07) is 6.62. The first kappa shape index (κ1) is 18.9. The molecule has 2 aromatic rings. The quantitative estimate of drug-likeness (QED) is 0.746. The molecule has 25 heavy (non-hydrogen) atoms. The molecular formula is C16H19F4N5. The molecule has 9 heteroatoms. The van der Waals surface area contributed by atoms with E-state index in [0.717, 1.165) is 6.07 Å². The number of rotatable bonds is 7. The van der Waals surface area contributed by atoms with Crippen molar-refractivity contribution in [3.8, 4) is 0 Å². The summed E-state index contributed by atoms with van der Waals surface area (Å²) in [6.45, 7) is 1.16. The molecule has 136 valence electrons. The summed E-state index contributed by atoms with van der Waals surface area (Å²) in [4.78, 5) is 9.42. The normalized spacial score (nSPS) is 11.6. The smallest absolute Gasteiger partial charge is 0.366 e. The van der Waals surface area contributed by atoms with Gasteiger partial charge in [-0.3, -0.25) is 0 Å². The zero-order valence-electron chi connectivity index (χ0n) is 13.9. The minimum absolute atomic E-state index is 0.0129. The van der Waals surface area contributed by atoms with Gasteiger partial charge in [0, 0.05) is 25.7 Å². The highest BCUT2D eigenvalue weighted by Gasteiger charge is 2.33. The van der Waals surface area contributed by atoms with E-state index in [0.29, 0.717) is 18.7 Å². The summed E-state index contributed by atoms with van der Waals surface area (Å²) in [7, 11) is 3.70. The SMILES string of the molecule is CN(C)CCNc1nc(NCc2cccc(F)c2)cc(C(F)(F)F)n1. The Morgan fingerprint density at radius 3 is 2.48 bits per heavy atom. The number of nitrogens with zero attached hydrogens (tertiary/aromatic N) is 3. The maximum Gasteiger partial charge on any atom is 0.433 e. The van der Waals surface area contributed by atoms with Crippen LogP contribution in [-0.4, -0.2) is 42.1 Å².